The number of aliphatic carboxylic acids is 1. The van der Waals surface area contributed by atoms with Gasteiger partial charge in [0.05, 0.1) is 7.11 Å². The maximum Gasteiger partial charge on any atom is 0.303 e. The highest BCUT2D eigenvalue weighted by Gasteiger charge is 2.16. The molecule has 1 unspecified atom stereocenters. The molecule has 0 fully saturated rings. The Morgan fingerprint density at radius 3 is 2.63 bits per heavy atom. The fraction of sp³-hybridized carbons (Fsp3) is 0.500. The molecule has 5 nitrogen and oxygen atoms in total. The van der Waals surface area contributed by atoms with Crippen molar-refractivity contribution in [3.05, 3.63) is 29.3 Å². The van der Waals surface area contributed by atoms with Crippen LogP contribution >= 0.6 is 0 Å². The summed E-state index contributed by atoms with van der Waals surface area (Å²) < 4.78 is 16.0. The van der Waals surface area contributed by atoms with E-state index in [1.54, 1.807) is 20.3 Å². The van der Waals surface area contributed by atoms with Crippen LogP contribution in [0.15, 0.2) is 18.2 Å². The van der Waals surface area contributed by atoms with Crippen molar-refractivity contribution in [2.45, 2.75) is 26.1 Å². The maximum absolute atomic E-state index is 10.7. The number of carboxylic acids is 1. The highest BCUT2D eigenvalue weighted by atomic mass is 16.7. The van der Waals surface area contributed by atoms with Gasteiger partial charge in [-0.25, -0.2) is 0 Å². The van der Waals surface area contributed by atoms with Crippen LogP contribution in [0.4, 0.5) is 0 Å². The largest absolute Gasteiger partial charge is 0.497 e. The molecule has 1 aromatic rings. The first kappa shape index (κ1) is 15.5. The molecule has 0 aliphatic rings. The average Bonchev–Trinajstić information content (AvgIpc) is 2.42. The first-order chi connectivity index (χ1) is 9.12. The second kappa shape index (κ2) is 7.76. The Balaban J connectivity index is 3.03. The van der Waals surface area contributed by atoms with Crippen molar-refractivity contribution < 1.29 is 24.1 Å². The van der Waals surface area contributed by atoms with Crippen molar-refractivity contribution in [3.8, 4) is 5.75 Å². The van der Waals surface area contributed by atoms with Gasteiger partial charge in [0.15, 0.2) is 6.29 Å². The minimum Gasteiger partial charge on any atom is -0.497 e. The zero-order valence-corrected chi connectivity index (χ0v) is 11.5. The van der Waals surface area contributed by atoms with Crippen molar-refractivity contribution in [1.29, 1.82) is 0 Å². The van der Waals surface area contributed by atoms with Crippen LogP contribution in [0.25, 0.3) is 0 Å². The van der Waals surface area contributed by atoms with Gasteiger partial charge < -0.3 is 19.3 Å². The number of methoxy groups -OCH3 is 2. The first-order valence-corrected chi connectivity index (χ1v) is 6.15. The average molecular weight is 268 g/mol. The van der Waals surface area contributed by atoms with Gasteiger partial charge in [0.1, 0.15) is 5.75 Å². The summed E-state index contributed by atoms with van der Waals surface area (Å²) >= 11 is 0. The third kappa shape index (κ3) is 4.54. The number of benzene rings is 1. The number of aryl methyl sites for hydroxylation is 1. The molecule has 0 heterocycles. The number of hydrogen-bond acceptors (Lipinski definition) is 4. The smallest absolute Gasteiger partial charge is 0.303 e. The summed E-state index contributed by atoms with van der Waals surface area (Å²) in [5.74, 6) is -0.136. The SMILES string of the molecule is CCOC(OC)c1cc(OC)ccc1CCC(=O)O. The zero-order chi connectivity index (χ0) is 14.3. The van der Waals surface area contributed by atoms with Crippen LogP contribution in [0, 0.1) is 0 Å². The molecular formula is C14H20O5. The number of hydrogen-bond donors (Lipinski definition) is 1. The Labute approximate surface area is 113 Å². The van der Waals surface area contributed by atoms with Crippen LogP contribution in [0.2, 0.25) is 0 Å². The molecule has 0 aromatic heterocycles. The van der Waals surface area contributed by atoms with Gasteiger partial charge in [-0.2, -0.15) is 0 Å². The highest BCUT2D eigenvalue weighted by molar-refractivity contribution is 5.67. The summed E-state index contributed by atoms with van der Waals surface area (Å²) in [4.78, 5) is 10.7. The molecule has 0 bridgehead atoms. The predicted molar refractivity (Wildman–Crippen MR) is 70.3 cm³/mol. The Hall–Kier alpha value is -1.59. The van der Waals surface area contributed by atoms with E-state index in [4.69, 9.17) is 19.3 Å². The summed E-state index contributed by atoms with van der Waals surface area (Å²) in [6.45, 7) is 2.39. The van der Waals surface area contributed by atoms with Crippen molar-refractivity contribution >= 4 is 5.97 Å². The monoisotopic (exact) mass is 268 g/mol. The zero-order valence-electron chi connectivity index (χ0n) is 11.5. The summed E-state index contributed by atoms with van der Waals surface area (Å²) in [7, 11) is 3.14. The number of carboxylic acid groups (broad SMARTS) is 1. The number of rotatable bonds is 8. The van der Waals surface area contributed by atoms with Gasteiger partial charge in [-0.1, -0.05) is 6.07 Å². The van der Waals surface area contributed by atoms with Crippen LogP contribution in [0.5, 0.6) is 5.75 Å². The second-order valence-electron chi connectivity index (χ2n) is 3.98. The topological polar surface area (TPSA) is 65.0 Å². The van der Waals surface area contributed by atoms with Crippen LogP contribution in [0.3, 0.4) is 0 Å². The third-order valence-electron chi connectivity index (χ3n) is 2.75. The molecule has 1 N–H and O–H groups in total. The van der Waals surface area contributed by atoms with E-state index < -0.39 is 12.3 Å². The van der Waals surface area contributed by atoms with E-state index in [0.29, 0.717) is 18.8 Å². The molecule has 0 spiro atoms. The van der Waals surface area contributed by atoms with Crippen molar-refractivity contribution in [1.82, 2.24) is 0 Å². The molecular weight excluding hydrogens is 248 g/mol. The Bertz CT molecular complexity index is 416. The van der Waals surface area contributed by atoms with Crippen molar-refractivity contribution in [2.75, 3.05) is 20.8 Å². The highest BCUT2D eigenvalue weighted by Crippen LogP contribution is 2.27. The molecule has 19 heavy (non-hydrogen) atoms. The standard InChI is InChI=1S/C14H20O5/c1-4-19-14(18-3)12-9-11(17-2)7-5-10(12)6-8-13(15)16/h5,7,9,14H,4,6,8H2,1-3H3,(H,15,16). The Morgan fingerprint density at radius 1 is 1.37 bits per heavy atom. The minimum atomic E-state index is -0.827. The lowest BCUT2D eigenvalue weighted by Gasteiger charge is -2.19. The van der Waals surface area contributed by atoms with E-state index in [1.165, 1.54) is 0 Å². The molecule has 106 valence electrons. The van der Waals surface area contributed by atoms with E-state index in [0.717, 1.165) is 11.1 Å². The lowest BCUT2D eigenvalue weighted by molar-refractivity contribution is -0.137. The summed E-state index contributed by atoms with van der Waals surface area (Å²) in [5, 5.41) is 8.78. The van der Waals surface area contributed by atoms with Gasteiger partial charge in [-0.15, -0.1) is 0 Å². The van der Waals surface area contributed by atoms with Crippen LogP contribution in [-0.4, -0.2) is 31.9 Å². The molecule has 0 radical (unpaired) electrons. The van der Waals surface area contributed by atoms with Gasteiger partial charge in [-0.05, 0) is 31.0 Å². The van der Waals surface area contributed by atoms with E-state index in [-0.39, 0.29) is 6.42 Å². The number of carbonyl (C=O) groups is 1. The number of ether oxygens (including phenoxy) is 3. The summed E-state index contributed by atoms with van der Waals surface area (Å²) in [6, 6.07) is 5.47. The molecule has 0 aliphatic heterocycles. The fourth-order valence-corrected chi connectivity index (χ4v) is 1.82. The maximum atomic E-state index is 10.7. The van der Waals surface area contributed by atoms with Crippen LogP contribution in [0.1, 0.15) is 30.8 Å². The quantitative estimate of drug-likeness (QED) is 0.733. The van der Waals surface area contributed by atoms with E-state index in [2.05, 4.69) is 0 Å². The molecule has 5 heteroatoms. The first-order valence-electron chi connectivity index (χ1n) is 6.15. The fourth-order valence-electron chi connectivity index (χ4n) is 1.82. The van der Waals surface area contributed by atoms with Gasteiger partial charge >= 0.3 is 5.97 Å². The lowest BCUT2D eigenvalue weighted by atomic mass is 10.0. The minimum absolute atomic E-state index is 0.0713. The normalized spacial score (nSPS) is 12.2. The molecule has 0 amide bonds. The van der Waals surface area contributed by atoms with Crippen molar-refractivity contribution in [2.24, 2.45) is 0 Å². The van der Waals surface area contributed by atoms with Crippen molar-refractivity contribution in [3.63, 3.8) is 0 Å². The van der Waals surface area contributed by atoms with Gasteiger partial charge in [0.2, 0.25) is 0 Å². The van der Waals surface area contributed by atoms with Gasteiger partial charge in [-0.3, -0.25) is 4.79 Å². The van der Waals surface area contributed by atoms with Gasteiger partial charge in [0, 0.05) is 25.7 Å². The van der Waals surface area contributed by atoms with Gasteiger partial charge in [0.25, 0.3) is 0 Å². The molecule has 1 atom stereocenters. The molecule has 1 aromatic carbocycles. The van der Waals surface area contributed by atoms with E-state index in [1.807, 2.05) is 19.1 Å². The van der Waals surface area contributed by atoms with Crippen LogP contribution in [-0.2, 0) is 20.7 Å². The Kier molecular flexibility index (Phi) is 6.32. The summed E-state index contributed by atoms with van der Waals surface area (Å²) in [6.07, 6.45) is -0.00683. The lowest BCUT2D eigenvalue weighted by Crippen LogP contribution is -2.10. The third-order valence-corrected chi connectivity index (χ3v) is 2.75. The van der Waals surface area contributed by atoms with E-state index >= 15 is 0 Å². The molecule has 0 aliphatic carbocycles. The molecule has 1 rings (SSSR count). The molecule has 0 saturated heterocycles. The molecule has 0 saturated carbocycles. The van der Waals surface area contributed by atoms with Crippen LogP contribution < -0.4 is 4.74 Å². The second-order valence-corrected chi connectivity index (χ2v) is 3.98. The van der Waals surface area contributed by atoms with E-state index in [9.17, 15) is 4.79 Å². The predicted octanol–water partition coefficient (Wildman–Crippen LogP) is 2.39. The Morgan fingerprint density at radius 2 is 2.11 bits per heavy atom. The summed E-state index contributed by atoms with van der Waals surface area (Å²) in [5.41, 5.74) is 1.70.